The highest BCUT2D eigenvalue weighted by atomic mass is 35.5. The lowest BCUT2D eigenvalue weighted by Gasteiger charge is -2.09. The van der Waals surface area contributed by atoms with Crippen molar-refractivity contribution in [2.24, 2.45) is 0 Å². The quantitative estimate of drug-likeness (QED) is 0.652. The number of pyridine rings is 1. The van der Waals surface area contributed by atoms with Crippen molar-refractivity contribution in [1.29, 1.82) is 0 Å². The van der Waals surface area contributed by atoms with Gasteiger partial charge in [-0.25, -0.2) is 9.67 Å². The van der Waals surface area contributed by atoms with Crippen molar-refractivity contribution in [3.8, 4) is 5.69 Å². The standard InChI is InChI=1S/C19H20Cl2N4/c1-12-4-5-13(2)17(8-12)25-19(21)16(14(3)24-25)11-22-9-15-6-7-18(20)23-10-15/h4-8,10,22H,9,11H2,1-3H3. The number of nitrogens with zero attached hydrogens (tertiary/aromatic N) is 3. The first-order chi connectivity index (χ1) is 12.0. The van der Waals surface area contributed by atoms with E-state index >= 15 is 0 Å². The Bertz CT molecular complexity index is 885. The summed E-state index contributed by atoms with van der Waals surface area (Å²) in [6.07, 6.45) is 1.77. The summed E-state index contributed by atoms with van der Waals surface area (Å²) < 4.78 is 1.82. The summed E-state index contributed by atoms with van der Waals surface area (Å²) >= 11 is 12.4. The van der Waals surface area contributed by atoms with Gasteiger partial charge in [-0.1, -0.05) is 41.4 Å². The summed E-state index contributed by atoms with van der Waals surface area (Å²) in [7, 11) is 0. The molecule has 0 radical (unpaired) electrons. The fourth-order valence-electron chi connectivity index (χ4n) is 2.68. The fourth-order valence-corrected chi connectivity index (χ4v) is 3.13. The van der Waals surface area contributed by atoms with E-state index in [1.165, 1.54) is 5.56 Å². The molecule has 1 N–H and O–H groups in total. The van der Waals surface area contributed by atoms with E-state index in [0.717, 1.165) is 28.1 Å². The second-order valence-corrected chi connectivity index (χ2v) is 6.89. The van der Waals surface area contributed by atoms with E-state index < -0.39 is 0 Å². The zero-order valence-electron chi connectivity index (χ0n) is 14.5. The number of rotatable bonds is 5. The molecular formula is C19H20Cl2N4. The van der Waals surface area contributed by atoms with E-state index in [1.54, 1.807) is 12.3 Å². The highest BCUT2D eigenvalue weighted by Crippen LogP contribution is 2.26. The Morgan fingerprint density at radius 1 is 1.04 bits per heavy atom. The van der Waals surface area contributed by atoms with E-state index in [9.17, 15) is 0 Å². The van der Waals surface area contributed by atoms with Gasteiger partial charge in [0.25, 0.3) is 0 Å². The van der Waals surface area contributed by atoms with E-state index in [-0.39, 0.29) is 0 Å². The molecule has 0 amide bonds. The molecule has 0 aliphatic heterocycles. The molecule has 0 bridgehead atoms. The maximum Gasteiger partial charge on any atom is 0.137 e. The van der Waals surface area contributed by atoms with Crippen LogP contribution in [0.3, 0.4) is 0 Å². The molecule has 25 heavy (non-hydrogen) atoms. The second kappa shape index (κ2) is 7.56. The minimum atomic E-state index is 0.498. The largest absolute Gasteiger partial charge is 0.308 e. The first-order valence-electron chi connectivity index (χ1n) is 8.08. The van der Waals surface area contributed by atoms with Crippen molar-refractivity contribution in [1.82, 2.24) is 20.1 Å². The van der Waals surface area contributed by atoms with Crippen LogP contribution in [0.15, 0.2) is 36.5 Å². The minimum Gasteiger partial charge on any atom is -0.308 e. The lowest BCUT2D eigenvalue weighted by Crippen LogP contribution is -2.13. The number of nitrogens with one attached hydrogen (secondary N) is 1. The van der Waals surface area contributed by atoms with Gasteiger partial charge in [-0.2, -0.15) is 5.10 Å². The summed E-state index contributed by atoms with van der Waals surface area (Å²) in [6, 6.07) is 10.0. The molecule has 3 rings (SSSR count). The van der Waals surface area contributed by atoms with Gasteiger partial charge in [0.05, 0.1) is 11.4 Å². The molecular weight excluding hydrogens is 355 g/mol. The Balaban J connectivity index is 1.78. The average Bonchev–Trinajstić information content (AvgIpc) is 2.87. The molecule has 0 unspecified atom stereocenters. The maximum absolute atomic E-state index is 6.62. The van der Waals surface area contributed by atoms with Gasteiger partial charge in [0.15, 0.2) is 0 Å². The van der Waals surface area contributed by atoms with Gasteiger partial charge in [-0.15, -0.1) is 0 Å². The van der Waals surface area contributed by atoms with E-state index in [4.69, 9.17) is 23.2 Å². The molecule has 0 saturated carbocycles. The molecule has 4 nitrogen and oxygen atoms in total. The van der Waals surface area contributed by atoms with E-state index in [1.807, 2.05) is 17.7 Å². The lowest BCUT2D eigenvalue weighted by atomic mass is 10.1. The molecule has 0 atom stereocenters. The van der Waals surface area contributed by atoms with Crippen molar-refractivity contribution in [3.05, 3.63) is 74.8 Å². The topological polar surface area (TPSA) is 42.7 Å². The summed E-state index contributed by atoms with van der Waals surface area (Å²) in [5.74, 6) is 0. The van der Waals surface area contributed by atoms with Gasteiger partial charge in [0.1, 0.15) is 10.3 Å². The Hall–Kier alpha value is -1.88. The van der Waals surface area contributed by atoms with Crippen LogP contribution in [0.2, 0.25) is 10.3 Å². The van der Waals surface area contributed by atoms with Gasteiger partial charge in [-0.05, 0) is 49.6 Å². The van der Waals surface area contributed by atoms with Crippen molar-refractivity contribution in [2.75, 3.05) is 0 Å². The average molecular weight is 375 g/mol. The molecule has 0 aliphatic carbocycles. The van der Waals surface area contributed by atoms with Gasteiger partial charge < -0.3 is 5.32 Å². The van der Waals surface area contributed by atoms with Crippen molar-refractivity contribution >= 4 is 23.2 Å². The SMILES string of the molecule is Cc1ccc(C)c(-n2nc(C)c(CNCc3ccc(Cl)nc3)c2Cl)c1. The zero-order chi connectivity index (χ0) is 18.0. The van der Waals surface area contributed by atoms with Gasteiger partial charge in [-0.3, -0.25) is 0 Å². The molecule has 0 aliphatic rings. The highest BCUT2D eigenvalue weighted by molar-refractivity contribution is 6.30. The number of hydrogen-bond donors (Lipinski definition) is 1. The van der Waals surface area contributed by atoms with Crippen LogP contribution < -0.4 is 5.32 Å². The van der Waals surface area contributed by atoms with Crippen LogP contribution in [0.25, 0.3) is 5.69 Å². The monoisotopic (exact) mass is 374 g/mol. The van der Waals surface area contributed by atoms with Crippen molar-refractivity contribution in [3.63, 3.8) is 0 Å². The molecule has 2 heterocycles. The molecule has 2 aromatic heterocycles. The van der Waals surface area contributed by atoms with Crippen LogP contribution in [-0.2, 0) is 13.1 Å². The number of hydrogen-bond acceptors (Lipinski definition) is 3. The van der Waals surface area contributed by atoms with Crippen LogP contribution in [0.4, 0.5) is 0 Å². The fraction of sp³-hybridized carbons (Fsp3) is 0.263. The van der Waals surface area contributed by atoms with Crippen LogP contribution in [-0.4, -0.2) is 14.8 Å². The van der Waals surface area contributed by atoms with Crippen LogP contribution in [0.5, 0.6) is 0 Å². The molecule has 130 valence electrons. The first-order valence-corrected chi connectivity index (χ1v) is 8.84. The Labute approximate surface area is 157 Å². The number of aromatic nitrogens is 3. The third-order valence-corrected chi connectivity index (χ3v) is 4.75. The predicted octanol–water partition coefficient (Wildman–Crippen LogP) is 4.79. The smallest absolute Gasteiger partial charge is 0.137 e. The Kier molecular flexibility index (Phi) is 5.42. The molecule has 0 saturated heterocycles. The third kappa shape index (κ3) is 4.03. The Morgan fingerprint density at radius 3 is 2.56 bits per heavy atom. The van der Waals surface area contributed by atoms with E-state index in [0.29, 0.717) is 23.4 Å². The molecule has 0 spiro atoms. The normalized spacial score (nSPS) is 11.1. The first kappa shape index (κ1) is 17.9. The van der Waals surface area contributed by atoms with E-state index in [2.05, 4.69) is 47.4 Å². The minimum absolute atomic E-state index is 0.498. The maximum atomic E-state index is 6.62. The van der Waals surface area contributed by atoms with Crippen molar-refractivity contribution < 1.29 is 0 Å². The lowest BCUT2D eigenvalue weighted by molar-refractivity contribution is 0.689. The van der Waals surface area contributed by atoms with Gasteiger partial charge in [0.2, 0.25) is 0 Å². The molecule has 0 fully saturated rings. The summed E-state index contributed by atoms with van der Waals surface area (Å²) in [6.45, 7) is 7.44. The van der Waals surface area contributed by atoms with Gasteiger partial charge in [0, 0.05) is 24.8 Å². The second-order valence-electron chi connectivity index (χ2n) is 6.15. The van der Waals surface area contributed by atoms with Crippen LogP contribution in [0, 0.1) is 20.8 Å². The third-order valence-electron chi connectivity index (χ3n) is 4.13. The zero-order valence-corrected chi connectivity index (χ0v) is 16.0. The summed E-state index contributed by atoms with van der Waals surface area (Å²) in [5.41, 5.74) is 6.33. The van der Waals surface area contributed by atoms with Crippen LogP contribution in [0.1, 0.15) is 27.9 Å². The van der Waals surface area contributed by atoms with Gasteiger partial charge >= 0.3 is 0 Å². The highest BCUT2D eigenvalue weighted by Gasteiger charge is 2.15. The number of halogens is 2. The summed E-state index contributed by atoms with van der Waals surface area (Å²) in [4.78, 5) is 4.08. The number of benzene rings is 1. The molecule has 3 aromatic rings. The molecule has 1 aromatic carbocycles. The number of aryl methyl sites for hydroxylation is 3. The predicted molar refractivity (Wildman–Crippen MR) is 103 cm³/mol. The van der Waals surface area contributed by atoms with Crippen LogP contribution >= 0.6 is 23.2 Å². The Morgan fingerprint density at radius 2 is 1.84 bits per heavy atom. The van der Waals surface area contributed by atoms with Crippen molar-refractivity contribution in [2.45, 2.75) is 33.9 Å². The summed E-state index contributed by atoms with van der Waals surface area (Å²) in [5, 5.41) is 9.17. The molecule has 6 heteroatoms.